The number of aryl methyl sites for hydroxylation is 1. The van der Waals surface area contributed by atoms with Crippen LogP contribution in [-0.4, -0.2) is 27.8 Å². The molecule has 0 radical (unpaired) electrons. The van der Waals surface area contributed by atoms with Crippen LogP contribution in [0, 0.1) is 5.41 Å². The number of benzene rings is 1. The topological polar surface area (TPSA) is 126 Å². The molecule has 0 unspecified atom stereocenters. The standard InChI is InChI=1S/C19H24N6O2/c1-2-9-22-14-11-23-16-8-7-15(25(16)19(14)27)18(26)24-10-12-3-5-13(6-4-12)17(20)21/h3-6,11,15,22H,2,7-10H2,1H3,(H3,20,21)(H,24,26)/t15-/m0/s1. The third-order valence-corrected chi connectivity index (χ3v) is 4.62. The van der Waals surface area contributed by atoms with E-state index in [2.05, 4.69) is 15.6 Å². The van der Waals surface area contributed by atoms with E-state index in [4.69, 9.17) is 11.1 Å². The number of rotatable bonds is 7. The van der Waals surface area contributed by atoms with Gasteiger partial charge in [0, 0.05) is 25.1 Å². The Bertz CT molecular complexity index is 903. The molecule has 1 aromatic heterocycles. The number of aromatic nitrogens is 2. The minimum absolute atomic E-state index is 0.00695. The molecule has 0 saturated heterocycles. The van der Waals surface area contributed by atoms with Crippen LogP contribution < -0.4 is 21.9 Å². The van der Waals surface area contributed by atoms with Crippen LogP contribution in [0.2, 0.25) is 0 Å². The number of amidine groups is 1. The maximum Gasteiger partial charge on any atom is 0.277 e. The average molecular weight is 368 g/mol. The van der Waals surface area contributed by atoms with E-state index in [1.54, 1.807) is 18.3 Å². The first kappa shape index (κ1) is 18.6. The number of nitrogens with one attached hydrogen (secondary N) is 3. The van der Waals surface area contributed by atoms with Gasteiger partial charge in [0.25, 0.3) is 5.56 Å². The Morgan fingerprint density at radius 3 is 2.78 bits per heavy atom. The van der Waals surface area contributed by atoms with Crippen molar-refractivity contribution in [3.63, 3.8) is 0 Å². The van der Waals surface area contributed by atoms with Gasteiger partial charge < -0.3 is 16.4 Å². The maximum absolute atomic E-state index is 12.7. The molecule has 1 aromatic carbocycles. The minimum atomic E-state index is -0.542. The normalized spacial score (nSPS) is 15.2. The second kappa shape index (κ2) is 8.03. The molecule has 8 nitrogen and oxygen atoms in total. The van der Waals surface area contributed by atoms with E-state index < -0.39 is 6.04 Å². The molecule has 0 fully saturated rings. The summed E-state index contributed by atoms with van der Waals surface area (Å²) in [5.41, 5.74) is 7.21. The second-order valence-electron chi connectivity index (χ2n) is 6.57. The number of fused-ring (bicyclic) bond motifs is 1. The number of hydrogen-bond acceptors (Lipinski definition) is 5. The van der Waals surface area contributed by atoms with Crippen LogP contribution in [-0.2, 0) is 17.8 Å². The average Bonchev–Trinajstić information content (AvgIpc) is 3.11. The number of hydrogen-bond donors (Lipinski definition) is 4. The van der Waals surface area contributed by atoms with Crippen molar-refractivity contribution in [3.8, 4) is 0 Å². The molecule has 2 heterocycles. The highest BCUT2D eigenvalue weighted by Gasteiger charge is 2.30. The Hall–Kier alpha value is -3.16. The Balaban J connectivity index is 1.70. The smallest absolute Gasteiger partial charge is 0.277 e. The monoisotopic (exact) mass is 368 g/mol. The zero-order valence-electron chi connectivity index (χ0n) is 15.3. The van der Waals surface area contributed by atoms with Gasteiger partial charge in [-0.05, 0) is 18.4 Å². The van der Waals surface area contributed by atoms with E-state index in [0.717, 1.165) is 12.0 Å². The van der Waals surface area contributed by atoms with Crippen molar-refractivity contribution in [3.05, 3.63) is 57.8 Å². The molecule has 27 heavy (non-hydrogen) atoms. The third kappa shape index (κ3) is 3.99. The summed E-state index contributed by atoms with van der Waals surface area (Å²) in [7, 11) is 0. The van der Waals surface area contributed by atoms with Gasteiger partial charge in [-0.1, -0.05) is 31.2 Å². The van der Waals surface area contributed by atoms with Gasteiger partial charge in [-0.3, -0.25) is 19.6 Å². The van der Waals surface area contributed by atoms with Gasteiger partial charge in [-0.15, -0.1) is 0 Å². The van der Waals surface area contributed by atoms with Gasteiger partial charge in [-0.2, -0.15) is 0 Å². The fourth-order valence-corrected chi connectivity index (χ4v) is 3.14. The van der Waals surface area contributed by atoms with Crippen molar-refractivity contribution in [1.29, 1.82) is 5.41 Å². The predicted molar refractivity (Wildman–Crippen MR) is 104 cm³/mol. The van der Waals surface area contributed by atoms with E-state index in [1.165, 1.54) is 4.57 Å². The first-order chi connectivity index (χ1) is 13.0. The number of carbonyl (C=O) groups is 1. The van der Waals surface area contributed by atoms with Crippen LogP contribution in [0.25, 0.3) is 0 Å². The molecule has 1 amide bonds. The van der Waals surface area contributed by atoms with Crippen LogP contribution in [0.1, 0.15) is 42.8 Å². The van der Waals surface area contributed by atoms with Gasteiger partial charge in [-0.25, -0.2) is 4.98 Å². The molecular weight excluding hydrogens is 344 g/mol. The zero-order valence-corrected chi connectivity index (χ0v) is 15.3. The van der Waals surface area contributed by atoms with E-state index in [0.29, 0.717) is 43.0 Å². The zero-order chi connectivity index (χ0) is 19.4. The van der Waals surface area contributed by atoms with E-state index in [1.807, 2.05) is 19.1 Å². The van der Waals surface area contributed by atoms with Crippen LogP contribution in [0.5, 0.6) is 0 Å². The van der Waals surface area contributed by atoms with Gasteiger partial charge in [0.05, 0.1) is 6.20 Å². The lowest BCUT2D eigenvalue weighted by Crippen LogP contribution is -2.36. The van der Waals surface area contributed by atoms with Gasteiger partial charge >= 0.3 is 0 Å². The van der Waals surface area contributed by atoms with Gasteiger partial charge in [0.15, 0.2) is 0 Å². The Morgan fingerprint density at radius 2 is 2.11 bits per heavy atom. The van der Waals surface area contributed by atoms with Crippen molar-refractivity contribution < 1.29 is 4.79 Å². The van der Waals surface area contributed by atoms with E-state index >= 15 is 0 Å². The molecule has 2 aromatic rings. The molecule has 0 saturated carbocycles. The lowest BCUT2D eigenvalue weighted by atomic mass is 10.1. The van der Waals surface area contributed by atoms with Crippen LogP contribution in [0.3, 0.4) is 0 Å². The second-order valence-corrected chi connectivity index (χ2v) is 6.57. The molecule has 142 valence electrons. The lowest BCUT2D eigenvalue weighted by Gasteiger charge is -2.16. The molecule has 3 rings (SSSR count). The number of amides is 1. The van der Waals surface area contributed by atoms with Crippen molar-refractivity contribution in [2.45, 2.75) is 38.8 Å². The summed E-state index contributed by atoms with van der Waals surface area (Å²) in [5, 5.41) is 13.4. The number of nitrogens with two attached hydrogens (primary N) is 1. The number of anilines is 1. The molecule has 0 bridgehead atoms. The van der Waals surface area contributed by atoms with Gasteiger partial charge in [0.1, 0.15) is 23.4 Å². The highest BCUT2D eigenvalue weighted by atomic mass is 16.2. The third-order valence-electron chi connectivity index (χ3n) is 4.62. The minimum Gasteiger partial charge on any atom is -0.384 e. The summed E-state index contributed by atoms with van der Waals surface area (Å²) < 4.78 is 1.51. The van der Waals surface area contributed by atoms with Crippen molar-refractivity contribution in [2.24, 2.45) is 5.73 Å². The van der Waals surface area contributed by atoms with Crippen molar-refractivity contribution in [2.75, 3.05) is 11.9 Å². The number of carbonyl (C=O) groups excluding carboxylic acids is 1. The fourth-order valence-electron chi connectivity index (χ4n) is 3.14. The van der Waals surface area contributed by atoms with Crippen LogP contribution in [0.15, 0.2) is 35.3 Å². The number of nitrogens with zero attached hydrogens (tertiary/aromatic N) is 2. The fraction of sp³-hybridized carbons (Fsp3) is 0.368. The first-order valence-electron chi connectivity index (χ1n) is 9.06. The first-order valence-corrected chi connectivity index (χ1v) is 9.06. The number of nitrogen functional groups attached to an aromatic ring is 1. The summed E-state index contributed by atoms with van der Waals surface area (Å²) in [6.07, 6.45) is 3.62. The predicted octanol–water partition coefficient (Wildman–Crippen LogP) is 1.15. The highest BCUT2D eigenvalue weighted by Crippen LogP contribution is 2.23. The molecular formula is C19H24N6O2. The SMILES string of the molecule is CCCNc1cnc2n(c1=O)[C@H](C(=O)NCc1ccc(C(=N)N)cc1)CC2. The van der Waals surface area contributed by atoms with E-state index in [-0.39, 0.29) is 17.3 Å². The summed E-state index contributed by atoms with van der Waals surface area (Å²) in [5.74, 6) is 0.460. The Labute approximate surface area is 157 Å². The van der Waals surface area contributed by atoms with Crippen LogP contribution in [0.4, 0.5) is 5.69 Å². The Morgan fingerprint density at radius 1 is 1.37 bits per heavy atom. The molecule has 8 heteroatoms. The maximum atomic E-state index is 12.7. The highest BCUT2D eigenvalue weighted by molar-refractivity contribution is 5.94. The molecule has 0 spiro atoms. The van der Waals surface area contributed by atoms with Gasteiger partial charge in [0.2, 0.25) is 5.91 Å². The molecule has 1 aliphatic rings. The summed E-state index contributed by atoms with van der Waals surface area (Å²) in [6, 6.07) is 6.59. The quantitative estimate of drug-likeness (QED) is 0.431. The molecule has 1 atom stereocenters. The lowest BCUT2D eigenvalue weighted by molar-refractivity contribution is -0.124. The van der Waals surface area contributed by atoms with Crippen LogP contribution >= 0.6 is 0 Å². The van der Waals surface area contributed by atoms with E-state index in [9.17, 15) is 9.59 Å². The summed E-state index contributed by atoms with van der Waals surface area (Å²) in [6.45, 7) is 3.05. The largest absolute Gasteiger partial charge is 0.384 e. The summed E-state index contributed by atoms with van der Waals surface area (Å²) in [4.78, 5) is 29.7. The molecule has 0 aliphatic carbocycles. The molecule has 5 N–H and O–H groups in total. The summed E-state index contributed by atoms with van der Waals surface area (Å²) >= 11 is 0. The van der Waals surface area contributed by atoms with Crippen molar-refractivity contribution in [1.82, 2.24) is 14.9 Å². The Kier molecular flexibility index (Phi) is 5.54. The molecule has 1 aliphatic heterocycles. The van der Waals surface area contributed by atoms with Crippen molar-refractivity contribution >= 4 is 17.4 Å².